The van der Waals surface area contributed by atoms with Gasteiger partial charge < -0.3 is 19.5 Å². The summed E-state index contributed by atoms with van der Waals surface area (Å²) in [6.45, 7) is 4.57. The van der Waals surface area contributed by atoms with E-state index in [9.17, 15) is 19.1 Å². The van der Waals surface area contributed by atoms with Gasteiger partial charge in [0, 0.05) is 19.2 Å². The van der Waals surface area contributed by atoms with Gasteiger partial charge >= 0.3 is 0 Å². The van der Waals surface area contributed by atoms with Gasteiger partial charge in [-0.1, -0.05) is 12.1 Å². The molecule has 1 aliphatic rings. The summed E-state index contributed by atoms with van der Waals surface area (Å²) in [6.07, 6.45) is 0. The predicted octanol–water partition coefficient (Wildman–Crippen LogP) is 3.60. The van der Waals surface area contributed by atoms with Crippen LogP contribution in [0, 0.1) is 12.7 Å². The van der Waals surface area contributed by atoms with Crippen LogP contribution >= 0.6 is 0 Å². The summed E-state index contributed by atoms with van der Waals surface area (Å²) in [7, 11) is 1.49. The Morgan fingerprint density at radius 3 is 2.47 bits per heavy atom. The molecule has 3 rings (SSSR count). The highest BCUT2D eigenvalue weighted by molar-refractivity contribution is 6.46. The second-order valence-electron chi connectivity index (χ2n) is 6.95. The number of carbonyl (C=O) groups is 2. The SMILES string of the molecule is CCOc1ccc(/C(O)=C2/C(=O)C(=O)N(CCOC)C2c2ccc(F)cc2)cc1C. The Labute approximate surface area is 174 Å². The van der Waals surface area contributed by atoms with Crippen LogP contribution in [0.25, 0.3) is 5.76 Å². The molecule has 1 heterocycles. The summed E-state index contributed by atoms with van der Waals surface area (Å²) in [5.74, 6) is -1.57. The maximum atomic E-state index is 13.5. The number of nitrogens with zero attached hydrogens (tertiary/aromatic N) is 1. The smallest absolute Gasteiger partial charge is 0.295 e. The first-order valence-corrected chi connectivity index (χ1v) is 9.65. The van der Waals surface area contributed by atoms with Crippen LogP contribution in [-0.4, -0.2) is 48.6 Å². The van der Waals surface area contributed by atoms with Crippen LogP contribution in [0.1, 0.15) is 29.7 Å². The van der Waals surface area contributed by atoms with E-state index >= 15 is 0 Å². The lowest BCUT2D eigenvalue weighted by Crippen LogP contribution is -2.32. The minimum Gasteiger partial charge on any atom is -0.507 e. The number of methoxy groups -OCH3 is 1. The van der Waals surface area contributed by atoms with Crippen molar-refractivity contribution in [2.75, 3.05) is 26.9 Å². The molecule has 1 saturated heterocycles. The first kappa shape index (κ1) is 21.5. The average molecular weight is 413 g/mol. The number of rotatable bonds is 7. The molecule has 1 fully saturated rings. The van der Waals surface area contributed by atoms with E-state index < -0.39 is 23.5 Å². The molecule has 1 amide bonds. The second kappa shape index (κ2) is 9.09. The molecule has 2 aromatic rings. The maximum Gasteiger partial charge on any atom is 0.295 e. The number of hydrogen-bond acceptors (Lipinski definition) is 5. The number of aliphatic hydroxyl groups is 1. The van der Waals surface area contributed by atoms with Crippen molar-refractivity contribution in [3.8, 4) is 5.75 Å². The summed E-state index contributed by atoms with van der Waals surface area (Å²) in [4.78, 5) is 26.9. The molecular weight excluding hydrogens is 389 g/mol. The number of amides is 1. The molecule has 1 atom stereocenters. The molecule has 6 nitrogen and oxygen atoms in total. The topological polar surface area (TPSA) is 76.1 Å². The Kier molecular flexibility index (Phi) is 6.52. The molecule has 158 valence electrons. The van der Waals surface area contributed by atoms with Gasteiger partial charge in [-0.2, -0.15) is 0 Å². The average Bonchev–Trinajstić information content (AvgIpc) is 2.98. The van der Waals surface area contributed by atoms with Crippen LogP contribution in [-0.2, 0) is 14.3 Å². The molecule has 30 heavy (non-hydrogen) atoms. The maximum absolute atomic E-state index is 13.5. The van der Waals surface area contributed by atoms with Gasteiger partial charge in [0.25, 0.3) is 11.7 Å². The van der Waals surface area contributed by atoms with Crippen molar-refractivity contribution < 1.29 is 28.6 Å². The third kappa shape index (κ3) is 4.07. The zero-order chi connectivity index (χ0) is 21.8. The number of ketones is 1. The van der Waals surface area contributed by atoms with Crippen molar-refractivity contribution in [1.29, 1.82) is 0 Å². The molecule has 2 aromatic carbocycles. The minimum absolute atomic E-state index is 0.0359. The van der Waals surface area contributed by atoms with E-state index in [1.54, 1.807) is 18.2 Å². The molecule has 0 saturated carbocycles. The largest absolute Gasteiger partial charge is 0.507 e. The monoisotopic (exact) mass is 413 g/mol. The summed E-state index contributed by atoms with van der Waals surface area (Å²) in [5.41, 5.74) is 1.67. The Balaban J connectivity index is 2.13. The normalized spacial score (nSPS) is 18.1. The molecule has 0 bridgehead atoms. The van der Waals surface area contributed by atoms with Crippen LogP contribution in [0.4, 0.5) is 4.39 Å². The fourth-order valence-electron chi connectivity index (χ4n) is 3.56. The fourth-order valence-corrected chi connectivity index (χ4v) is 3.56. The molecule has 7 heteroatoms. The number of aliphatic hydroxyl groups excluding tert-OH is 1. The van der Waals surface area contributed by atoms with Crippen molar-refractivity contribution in [3.05, 3.63) is 70.5 Å². The highest BCUT2D eigenvalue weighted by Crippen LogP contribution is 2.39. The van der Waals surface area contributed by atoms with Crippen LogP contribution in [0.5, 0.6) is 5.75 Å². The number of likely N-dealkylation sites (tertiary alicyclic amines) is 1. The second-order valence-corrected chi connectivity index (χ2v) is 6.95. The van der Waals surface area contributed by atoms with Gasteiger partial charge in [0.05, 0.1) is 24.8 Å². The number of Topliss-reactive ketones (excluding diaryl/α,β-unsaturated/α-hetero) is 1. The van der Waals surface area contributed by atoms with Crippen LogP contribution in [0.2, 0.25) is 0 Å². The highest BCUT2D eigenvalue weighted by Gasteiger charge is 2.45. The van der Waals surface area contributed by atoms with Crippen molar-refractivity contribution in [1.82, 2.24) is 4.90 Å². The Morgan fingerprint density at radius 1 is 1.17 bits per heavy atom. The highest BCUT2D eigenvalue weighted by atomic mass is 19.1. The fraction of sp³-hybridized carbons (Fsp3) is 0.304. The lowest BCUT2D eigenvalue weighted by atomic mass is 9.95. The quantitative estimate of drug-likeness (QED) is 0.426. The van der Waals surface area contributed by atoms with Crippen molar-refractivity contribution >= 4 is 17.4 Å². The van der Waals surface area contributed by atoms with Gasteiger partial charge in [-0.15, -0.1) is 0 Å². The first-order valence-electron chi connectivity index (χ1n) is 9.65. The van der Waals surface area contributed by atoms with E-state index in [0.717, 1.165) is 5.56 Å². The van der Waals surface area contributed by atoms with Gasteiger partial charge in [0.15, 0.2) is 0 Å². The van der Waals surface area contributed by atoms with E-state index in [4.69, 9.17) is 9.47 Å². The number of benzene rings is 2. The number of hydrogen-bond donors (Lipinski definition) is 1. The van der Waals surface area contributed by atoms with Crippen molar-refractivity contribution in [2.24, 2.45) is 0 Å². The molecule has 0 aliphatic carbocycles. The van der Waals surface area contributed by atoms with Gasteiger partial charge in [-0.05, 0) is 55.3 Å². The van der Waals surface area contributed by atoms with E-state index in [1.165, 1.54) is 36.3 Å². The van der Waals surface area contributed by atoms with Crippen LogP contribution < -0.4 is 4.74 Å². The van der Waals surface area contributed by atoms with E-state index in [-0.39, 0.29) is 24.5 Å². The lowest BCUT2D eigenvalue weighted by molar-refractivity contribution is -0.140. The molecule has 1 unspecified atom stereocenters. The first-order chi connectivity index (χ1) is 14.4. The Bertz CT molecular complexity index is 984. The predicted molar refractivity (Wildman–Crippen MR) is 110 cm³/mol. The zero-order valence-corrected chi connectivity index (χ0v) is 17.1. The molecule has 0 radical (unpaired) electrons. The number of aryl methyl sites for hydroxylation is 1. The lowest BCUT2D eigenvalue weighted by Gasteiger charge is -2.25. The standard InChI is InChI=1S/C23H24FNO5/c1-4-30-18-10-7-16(13-14(18)2)21(26)19-20(15-5-8-17(24)9-6-15)25(11-12-29-3)23(28)22(19)27/h5-10,13,20,26H,4,11-12H2,1-3H3/b21-19-. The molecule has 1 aliphatic heterocycles. The van der Waals surface area contributed by atoms with E-state index in [2.05, 4.69) is 0 Å². The third-order valence-corrected chi connectivity index (χ3v) is 5.01. The van der Waals surface area contributed by atoms with Gasteiger partial charge in [0.2, 0.25) is 0 Å². The molecule has 0 aromatic heterocycles. The van der Waals surface area contributed by atoms with Gasteiger partial charge in [-0.25, -0.2) is 4.39 Å². The Hall–Kier alpha value is -3.19. The summed E-state index contributed by atoms with van der Waals surface area (Å²) in [5, 5.41) is 11.0. The summed E-state index contributed by atoms with van der Waals surface area (Å²) >= 11 is 0. The van der Waals surface area contributed by atoms with Crippen molar-refractivity contribution in [3.63, 3.8) is 0 Å². The summed E-state index contributed by atoms with van der Waals surface area (Å²) < 4.78 is 24.0. The minimum atomic E-state index is -0.840. The molecule has 1 N–H and O–H groups in total. The van der Waals surface area contributed by atoms with Crippen LogP contribution in [0.15, 0.2) is 48.0 Å². The number of ether oxygens (including phenoxy) is 2. The molecular formula is C23H24FNO5. The molecule has 0 spiro atoms. The van der Waals surface area contributed by atoms with E-state index in [0.29, 0.717) is 23.5 Å². The Morgan fingerprint density at radius 2 is 1.87 bits per heavy atom. The summed E-state index contributed by atoms with van der Waals surface area (Å²) in [6, 6.07) is 9.72. The number of carbonyl (C=O) groups excluding carboxylic acids is 2. The van der Waals surface area contributed by atoms with Gasteiger partial charge in [-0.3, -0.25) is 9.59 Å². The van der Waals surface area contributed by atoms with Gasteiger partial charge in [0.1, 0.15) is 17.3 Å². The third-order valence-electron chi connectivity index (χ3n) is 5.01. The van der Waals surface area contributed by atoms with Crippen molar-refractivity contribution in [2.45, 2.75) is 19.9 Å². The van der Waals surface area contributed by atoms with E-state index in [1.807, 2.05) is 13.8 Å². The zero-order valence-electron chi connectivity index (χ0n) is 17.1. The van der Waals surface area contributed by atoms with Crippen LogP contribution in [0.3, 0.4) is 0 Å². The number of halogens is 1.